The number of benzene rings is 2. The van der Waals surface area contributed by atoms with Gasteiger partial charge < -0.3 is 19.4 Å². The molecule has 0 amide bonds. The monoisotopic (exact) mass is 460 g/mol. The van der Waals surface area contributed by atoms with E-state index in [0.717, 1.165) is 24.0 Å². The lowest BCUT2D eigenvalue weighted by atomic mass is 10.0. The van der Waals surface area contributed by atoms with Crippen LogP contribution in [0.1, 0.15) is 43.8 Å². The maximum absolute atomic E-state index is 13.5. The van der Waals surface area contributed by atoms with Gasteiger partial charge in [0.15, 0.2) is 17.3 Å². The molecule has 5 rings (SSSR count). The first-order chi connectivity index (χ1) is 16.3. The maximum atomic E-state index is 13.5. The Kier molecular flexibility index (Phi) is 5.27. The molecule has 3 heterocycles. The summed E-state index contributed by atoms with van der Waals surface area (Å²) in [6.07, 6.45) is 0.889. The third-order valence-electron chi connectivity index (χ3n) is 6.28. The van der Waals surface area contributed by atoms with Crippen molar-refractivity contribution in [1.29, 1.82) is 0 Å². The molecule has 1 aliphatic rings. The quantitative estimate of drug-likeness (QED) is 0.487. The van der Waals surface area contributed by atoms with Crippen molar-refractivity contribution in [2.75, 3.05) is 25.7 Å². The number of nitrogens with zero attached hydrogens (tertiary/aromatic N) is 5. The predicted molar refractivity (Wildman–Crippen MR) is 130 cm³/mol. The topological polar surface area (TPSA) is 98.2 Å². The zero-order valence-electron chi connectivity index (χ0n) is 20.0. The summed E-state index contributed by atoms with van der Waals surface area (Å²) in [7, 11) is 3.17. The fourth-order valence-electron chi connectivity index (χ4n) is 4.67. The predicted octanol–water partition coefficient (Wildman–Crippen LogP) is 3.44. The van der Waals surface area contributed by atoms with Crippen LogP contribution in [0.2, 0.25) is 0 Å². The molecule has 0 bridgehead atoms. The van der Waals surface area contributed by atoms with E-state index in [2.05, 4.69) is 37.5 Å². The molecule has 176 valence electrons. The lowest BCUT2D eigenvalue weighted by Crippen LogP contribution is -2.37. The number of nitrogens with one attached hydrogen (secondary N) is 1. The normalized spacial score (nSPS) is 14.3. The van der Waals surface area contributed by atoms with E-state index >= 15 is 0 Å². The fraction of sp³-hybridized carbons (Fsp3) is 0.360. The summed E-state index contributed by atoms with van der Waals surface area (Å²) in [6, 6.07) is 13.4. The molecule has 0 aliphatic carbocycles. The number of anilines is 1. The number of H-pyrrole nitrogens is 1. The minimum atomic E-state index is -0.473. The van der Waals surface area contributed by atoms with E-state index in [1.165, 1.54) is 5.56 Å². The first kappa shape index (κ1) is 21.9. The number of fused-ring (bicyclic) bond motifs is 2. The van der Waals surface area contributed by atoms with E-state index in [1.807, 2.05) is 45.0 Å². The molecule has 9 heteroatoms. The molecule has 0 spiro atoms. The van der Waals surface area contributed by atoms with Gasteiger partial charge in [-0.3, -0.25) is 4.79 Å². The highest BCUT2D eigenvalue weighted by molar-refractivity contribution is 5.83. The highest BCUT2D eigenvalue weighted by Gasteiger charge is 2.36. The summed E-state index contributed by atoms with van der Waals surface area (Å²) in [4.78, 5) is 18.8. The molecule has 0 saturated carbocycles. The van der Waals surface area contributed by atoms with E-state index in [-0.39, 0.29) is 11.1 Å². The third kappa shape index (κ3) is 3.57. The molecule has 2 aromatic carbocycles. The summed E-state index contributed by atoms with van der Waals surface area (Å²) < 4.78 is 12.7. The second-order valence-electron chi connectivity index (χ2n) is 9.44. The van der Waals surface area contributed by atoms with E-state index in [1.54, 1.807) is 25.0 Å². The standard InChI is InChI=1S/C25H28N6O3/c1-25(2,3)31-23(27-28-29-31)22(30-11-10-15-8-6-7-9-19(15)30)17-12-16-13-20(33-4)21(34-5)14-18(16)26-24(17)32/h6-9,12-14,22H,10-11H2,1-5H3,(H,26,32)/t22-/m0/s1. The van der Waals surface area contributed by atoms with Gasteiger partial charge in [0.1, 0.15) is 6.04 Å². The smallest absolute Gasteiger partial charge is 0.254 e. The molecule has 4 aromatic rings. The Labute approximate surface area is 197 Å². The second-order valence-corrected chi connectivity index (χ2v) is 9.44. The third-order valence-corrected chi connectivity index (χ3v) is 6.28. The molecule has 0 fully saturated rings. The van der Waals surface area contributed by atoms with Crippen LogP contribution in [0.4, 0.5) is 5.69 Å². The van der Waals surface area contributed by atoms with Crippen molar-refractivity contribution in [1.82, 2.24) is 25.2 Å². The van der Waals surface area contributed by atoms with Gasteiger partial charge in [-0.1, -0.05) is 18.2 Å². The number of aromatic amines is 1. The van der Waals surface area contributed by atoms with Gasteiger partial charge in [0.2, 0.25) is 0 Å². The van der Waals surface area contributed by atoms with Crippen molar-refractivity contribution in [3.63, 3.8) is 0 Å². The number of pyridine rings is 1. The fourth-order valence-corrected chi connectivity index (χ4v) is 4.67. The van der Waals surface area contributed by atoms with Crippen LogP contribution in [-0.4, -0.2) is 46.0 Å². The molecule has 9 nitrogen and oxygen atoms in total. The van der Waals surface area contributed by atoms with Crippen LogP contribution in [0.5, 0.6) is 11.5 Å². The van der Waals surface area contributed by atoms with Crippen molar-refractivity contribution < 1.29 is 9.47 Å². The summed E-state index contributed by atoms with van der Waals surface area (Å²) in [6.45, 7) is 6.89. The summed E-state index contributed by atoms with van der Waals surface area (Å²) in [5.74, 6) is 1.77. The van der Waals surface area contributed by atoms with Crippen molar-refractivity contribution in [2.24, 2.45) is 0 Å². The molecule has 0 saturated heterocycles. The summed E-state index contributed by atoms with van der Waals surface area (Å²) >= 11 is 0. The van der Waals surface area contributed by atoms with Crippen LogP contribution in [0, 0.1) is 0 Å². The number of aromatic nitrogens is 5. The number of rotatable bonds is 5. The summed E-state index contributed by atoms with van der Waals surface area (Å²) in [5.41, 5.74) is 3.00. The average Bonchev–Trinajstić information content (AvgIpc) is 3.47. The molecule has 0 unspecified atom stereocenters. The van der Waals surface area contributed by atoms with Gasteiger partial charge in [-0.25, -0.2) is 4.68 Å². The Morgan fingerprint density at radius 1 is 1.06 bits per heavy atom. The van der Waals surface area contributed by atoms with Gasteiger partial charge in [0.05, 0.1) is 25.3 Å². The SMILES string of the molecule is COc1cc2cc([C@@H](c3nnnn3C(C)(C)C)N3CCc4ccccc43)c(=O)[nH]c2cc1OC. The number of hydrogen-bond acceptors (Lipinski definition) is 7. The van der Waals surface area contributed by atoms with E-state index in [9.17, 15) is 4.79 Å². The van der Waals surface area contributed by atoms with Crippen LogP contribution < -0.4 is 19.9 Å². The Morgan fingerprint density at radius 2 is 1.79 bits per heavy atom. The Hall–Kier alpha value is -3.88. The van der Waals surface area contributed by atoms with Crippen molar-refractivity contribution in [2.45, 2.75) is 38.8 Å². The zero-order chi connectivity index (χ0) is 24.0. The Bertz CT molecular complexity index is 1420. The van der Waals surface area contributed by atoms with Crippen LogP contribution in [0.25, 0.3) is 10.9 Å². The van der Waals surface area contributed by atoms with Crippen molar-refractivity contribution >= 4 is 16.6 Å². The number of tetrazole rings is 1. The van der Waals surface area contributed by atoms with Crippen LogP contribution in [0.15, 0.2) is 47.3 Å². The number of methoxy groups -OCH3 is 2. The zero-order valence-corrected chi connectivity index (χ0v) is 20.0. The molecular formula is C25H28N6O3. The van der Waals surface area contributed by atoms with Crippen molar-refractivity contribution in [3.8, 4) is 11.5 Å². The van der Waals surface area contributed by atoms with Gasteiger partial charge in [-0.05, 0) is 61.4 Å². The minimum absolute atomic E-state index is 0.197. The molecule has 1 atom stereocenters. The molecule has 1 aliphatic heterocycles. The van der Waals surface area contributed by atoms with Gasteiger partial charge in [0.25, 0.3) is 5.56 Å². The van der Waals surface area contributed by atoms with E-state index in [4.69, 9.17) is 9.47 Å². The maximum Gasteiger partial charge on any atom is 0.254 e. The van der Waals surface area contributed by atoms with Gasteiger partial charge >= 0.3 is 0 Å². The number of ether oxygens (including phenoxy) is 2. The van der Waals surface area contributed by atoms with Gasteiger partial charge in [0, 0.05) is 29.2 Å². The molecule has 1 N–H and O–H groups in total. The number of hydrogen-bond donors (Lipinski definition) is 1. The van der Waals surface area contributed by atoms with E-state index < -0.39 is 6.04 Å². The van der Waals surface area contributed by atoms with Gasteiger partial charge in [-0.15, -0.1) is 5.10 Å². The van der Waals surface area contributed by atoms with Gasteiger partial charge in [-0.2, -0.15) is 0 Å². The highest BCUT2D eigenvalue weighted by Crippen LogP contribution is 2.39. The first-order valence-electron chi connectivity index (χ1n) is 11.2. The van der Waals surface area contributed by atoms with Crippen LogP contribution in [-0.2, 0) is 12.0 Å². The highest BCUT2D eigenvalue weighted by atomic mass is 16.5. The molecular weight excluding hydrogens is 432 g/mol. The minimum Gasteiger partial charge on any atom is -0.493 e. The lowest BCUT2D eigenvalue weighted by Gasteiger charge is -2.31. The molecule has 34 heavy (non-hydrogen) atoms. The van der Waals surface area contributed by atoms with E-state index in [0.29, 0.717) is 28.4 Å². The molecule has 0 radical (unpaired) electrons. The first-order valence-corrected chi connectivity index (χ1v) is 11.2. The average molecular weight is 461 g/mol. The molecule has 2 aromatic heterocycles. The van der Waals surface area contributed by atoms with Crippen LogP contribution >= 0.6 is 0 Å². The summed E-state index contributed by atoms with van der Waals surface area (Å²) in [5, 5.41) is 13.5. The second kappa shape index (κ2) is 8.16. The number of para-hydroxylation sites is 1. The van der Waals surface area contributed by atoms with Crippen LogP contribution in [0.3, 0.4) is 0 Å². The largest absolute Gasteiger partial charge is 0.493 e. The Balaban J connectivity index is 1.75. The lowest BCUT2D eigenvalue weighted by molar-refractivity contribution is 0.329. The Morgan fingerprint density at radius 3 is 2.53 bits per heavy atom. The van der Waals surface area contributed by atoms with Crippen molar-refractivity contribution in [3.05, 3.63) is 69.8 Å².